The molecule has 0 aromatic carbocycles. The van der Waals surface area contributed by atoms with Crippen molar-refractivity contribution in [1.29, 1.82) is 0 Å². The number of Topliss-reactive ketones (excluding diaryl/α,β-unsaturated/α-hetero) is 1. The number of rotatable bonds is 5. The molecule has 1 aliphatic rings. The fourth-order valence-corrected chi connectivity index (χ4v) is 1.91. The van der Waals surface area contributed by atoms with E-state index in [9.17, 15) is 4.79 Å². The maximum atomic E-state index is 11.3. The van der Waals surface area contributed by atoms with E-state index in [0.29, 0.717) is 13.0 Å². The second kappa shape index (κ2) is 6.37. The molecule has 17 heavy (non-hydrogen) atoms. The van der Waals surface area contributed by atoms with Gasteiger partial charge in [0.25, 0.3) is 0 Å². The number of ether oxygens (including phenoxy) is 1. The fraction of sp³-hybridized carbons (Fsp3) is 0.462. The molecule has 1 aliphatic heterocycles. The lowest BCUT2D eigenvalue weighted by Gasteiger charge is -2.14. The molecular weight excluding hydrogens is 216 g/mol. The third-order valence-corrected chi connectivity index (χ3v) is 2.69. The largest absolute Gasteiger partial charge is 0.489 e. The van der Waals surface area contributed by atoms with Crippen molar-refractivity contribution in [3.8, 4) is 0 Å². The first-order valence-corrected chi connectivity index (χ1v) is 5.72. The molecule has 0 spiro atoms. The lowest BCUT2D eigenvalue weighted by Crippen LogP contribution is -2.40. The number of hydrogen-bond acceptors (Lipinski definition) is 4. The molecule has 4 nitrogen and oxygen atoms in total. The van der Waals surface area contributed by atoms with Gasteiger partial charge in [0.2, 0.25) is 0 Å². The number of hydrazine groups is 1. The van der Waals surface area contributed by atoms with E-state index >= 15 is 0 Å². The quantitative estimate of drug-likeness (QED) is 0.447. The summed E-state index contributed by atoms with van der Waals surface area (Å²) < 4.78 is 5.77. The monoisotopic (exact) mass is 236 g/mol. The van der Waals surface area contributed by atoms with E-state index in [4.69, 9.17) is 10.6 Å². The van der Waals surface area contributed by atoms with Gasteiger partial charge in [0, 0.05) is 6.42 Å². The Balaban J connectivity index is 2.62. The highest BCUT2D eigenvalue weighted by atomic mass is 16.5. The zero-order valence-corrected chi connectivity index (χ0v) is 10.4. The summed E-state index contributed by atoms with van der Waals surface area (Å²) in [7, 11) is 0. The third-order valence-electron chi connectivity index (χ3n) is 2.69. The van der Waals surface area contributed by atoms with Gasteiger partial charge in [-0.3, -0.25) is 10.6 Å². The average molecular weight is 236 g/mol. The van der Waals surface area contributed by atoms with Crippen LogP contribution in [-0.4, -0.2) is 29.5 Å². The Morgan fingerprint density at radius 3 is 2.76 bits per heavy atom. The molecule has 0 bridgehead atoms. The molecule has 2 atom stereocenters. The first-order chi connectivity index (χ1) is 8.08. The van der Waals surface area contributed by atoms with Crippen LogP contribution in [0.1, 0.15) is 20.3 Å². The van der Waals surface area contributed by atoms with Crippen LogP contribution in [0.2, 0.25) is 0 Å². The van der Waals surface area contributed by atoms with Crippen molar-refractivity contribution in [1.82, 2.24) is 5.01 Å². The van der Waals surface area contributed by atoms with E-state index in [0.717, 1.165) is 5.76 Å². The van der Waals surface area contributed by atoms with Gasteiger partial charge in [-0.25, -0.2) is 5.01 Å². The van der Waals surface area contributed by atoms with E-state index in [2.05, 4.69) is 6.58 Å². The summed E-state index contributed by atoms with van der Waals surface area (Å²) in [4.78, 5) is 11.3. The van der Waals surface area contributed by atoms with E-state index < -0.39 is 0 Å². The number of carbonyl (C=O) groups is 1. The predicted molar refractivity (Wildman–Crippen MR) is 67.9 cm³/mol. The molecule has 1 saturated heterocycles. The normalized spacial score (nSPS) is 26.4. The van der Waals surface area contributed by atoms with Crippen LogP contribution >= 0.6 is 0 Å². The Bertz CT molecular complexity index is 347. The molecule has 0 saturated carbocycles. The lowest BCUT2D eigenvalue weighted by molar-refractivity contribution is -0.121. The number of allylic oxidation sites excluding steroid dienone is 4. The van der Waals surface area contributed by atoms with Crippen LogP contribution in [-0.2, 0) is 9.53 Å². The minimum absolute atomic E-state index is 0.0451. The van der Waals surface area contributed by atoms with Crippen LogP contribution in [0.25, 0.3) is 0 Å². The Hall–Kier alpha value is -1.39. The van der Waals surface area contributed by atoms with Gasteiger partial charge in [-0.2, -0.15) is 0 Å². The highest BCUT2D eigenvalue weighted by Crippen LogP contribution is 2.20. The van der Waals surface area contributed by atoms with Gasteiger partial charge in [-0.1, -0.05) is 18.7 Å². The number of nitrogens with two attached hydrogens (primary N) is 1. The fourth-order valence-electron chi connectivity index (χ4n) is 1.91. The van der Waals surface area contributed by atoms with Crippen molar-refractivity contribution in [3.05, 3.63) is 36.6 Å². The number of hydrogen-bond donors (Lipinski definition) is 1. The van der Waals surface area contributed by atoms with Crippen molar-refractivity contribution in [3.63, 3.8) is 0 Å². The van der Waals surface area contributed by atoms with E-state index in [1.54, 1.807) is 24.1 Å². The second-order valence-corrected chi connectivity index (χ2v) is 4.10. The molecule has 1 rings (SSSR count). The molecule has 0 aromatic heterocycles. The van der Waals surface area contributed by atoms with Crippen molar-refractivity contribution < 1.29 is 9.53 Å². The van der Waals surface area contributed by atoms with Gasteiger partial charge >= 0.3 is 0 Å². The number of nitrogens with zero attached hydrogens (tertiary/aromatic N) is 1. The Kier molecular flexibility index (Phi) is 5.12. The van der Waals surface area contributed by atoms with Gasteiger partial charge in [-0.05, 0) is 26.0 Å². The van der Waals surface area contributed by atoms with Crippen molar-refractivity contribution in [2.24, 2.45) is 5.84 Å². The first-order valence-electron chi connectivity index (χ1n) is 5.72. The Morgan fingerprint density at radius 1 is 1.59 bits per heavy atom. The minimum atomic E-state index is -0.226. The van der Waals surface area contributed by atoms with Crippen LogP contribution in [0, 0.1) is 0 Å². The summed E-state index contributed by atoms with van der Waals surface area (Å²) in [5.41, 5.74) is 0. The molecule has 1 heterocycles. The van der Waals surface area contributed by atoms with Crippen LogP contribution in [0.15, 0.2) is 36.6 Å². The average Bonchev–Trinajstić information content (AvgIpc) is 2.60. The molecule has 0 amide bonds. The molecule has 4 heteroatoms. The molecule has 0 aliphatic carbocycles. The Morgan fingerprint density at radius 2 is 2.29 bits per heavy atom. The standard InChI is InChI=1S/C13H20N2O2/c1-4-6-11(7-5-2)17-12-8-13(10(3)16)15(14)9-12/h4-7,12-13H,1,8-9,14H2,2-3H3/b7-5-,11-6+. The summed E-state index contributed by atoms with van der Waals surface area (Å²) in [6.07, 6.45) is 7.82. The summed E-state index contributed by atoms with van der Waals surface area (Å²) in [6.45, 7) is 7.68. The lowest BCUT2D eigenvalue weighted by atomic mass is 10.1. The highest BCUT2D eigenvalue weighted by Gasteiger charge is 2.34. The summed E-state index contributed by atoms with van der Waals surface area (Å²) in [5.74, 6) is 6.59. The second-order valence-electron chi connectivity index (χ2n) is 4.10. The van der Waals surface area contributed by atoms with Crippen molar-refractivity contribution in [2.75, 3.05) is 6.54 Å². The first kappa shape index (κ1) is 13.7. The molecule has 1 fully saturated rings. The summed E-state index contributed by atoms with van der Waals surface area (Å²) in [6, 6.07) is -0.226. The molecule has 2 unspecified atom stereocenters. The van der Waals surface area contributed by atoms with Crippen LogP contribution in [0.4, 0.5) is 0 Å². The van der Waals surface area contributed by atoms with Gasteiger partial charge < -0.3 is 4.74 Å². The molecule has 2 N–H and O–H groups in total. The van der Waals surface area contributed by atoms with Crippen LogP contribution in [0.3, 0.4) is 0 Å². The number of carbonyl (C=O) groups excluding carboxylic acids is 1. The van der Waals surface area contributed by atoms with Gasteiger partial charge in [-0.15, -0.1) is 0 Å². The maximum Gasteiger partial charge on any atom is 0.148 e. The van der Waals surface area contributed by atoms with Gasteiger partial charge in [0.05, 0.1) is 12.6 Å². The van der Waals surface area contributed by atoms with Crippen LogP contribution in [0.5, 0.6) is 0 Å². The SMILES string of the molecule is C=C/C=C(\C=C/C)OC1CC(C(C)=O)N(N)C1. The Labute approximate surface area is 102 Å². The summed E-state index contributed by atoms with van der Waals surface area (Å²) >= 11 is 0. The van der Waals surface area contributed by atoms with E-state index in [1.807, 2.05) is 19.1 Å². The maximum absolute atomic E-state index is 11.3. The zero-order chi connectivity index (χ0) is 12.8. The summed E-state index contributed by atoms with van der Waals surface area (Å²) in [5, 5.41) is 1.55. The molecular formula is C13H20N2O2. The van der Waals surface area contributed by atoms with Crippen LogP contribution < -0.4 is 5.84 Å². The third kappa shape index (κ3) is 3.84. The number of ketones is 1. The van der Waals surface area contributed by atoms with Crippen molar-refractivity contribution in [2.45, 2.75) is 32.4 Å². The zero-order valence-electron chi connectivity index (χ0n) is 10.4. The van der Waals surface area contributed by atoms with Gasteiger partial charge in [0.15, 0.2) is 0 Å². The molecule has 94 valence electrons. The molecule has 0 radical (unpaired) electrons. The smallest absolute Gasteiger partial charge is 0.148 e. The molecule has 0 aromatic rings. The van der Waals surface area contributed by atoms with Gasteiger partial charge in [0.1, 0.15) is 17.6 Å². The predicted octanol–water partition coefficient (Wildman–Crippen LogP) is 1.55. The van der Waals surface area contributed by atoms with E-state index in [-0.39, 0.29) is 17.9 Å². The van der Waals surface area contributed by atoms with E-state index in [1.165, 1.54) is 0 Å². The topological polar surface area (TPSA) is 55.6 Å². The minimum Gasteiger partial charge on any atom is -0.489 e. The van der Waals surface area contributed by atoms with Crippen molar-refractivity contribution >= 4 is 5.78 Å². The highest BCUT2D eigenvalue weighted by molar-refractivity contribution is 5.81.